The molecule has 2 heterocycles. The van der Waals surface area contributed by atoms with E-state index in [2.05, 4.69) is 10.1 Å². The van der Waals surface area contributed by atoms with Gasteiger partial charge in [-0.15, -0.1) is 0 Å². The number of halogens is 2. The SMILES string of the molecule is COCCOc1cc(C)c(C(=O)n2nc(-c3ccc(C(=O)O)cc3F)c3ncccc32)c(Cl)c1. The number of methoxy groups -OCH3 is 1. The van der Waals surface area contributed by atoms with E-state index >= 15 is 0 Å². The van der Waals surface area contributed by atoms with Crippen LogP contribution in [0.3, 0.4) is 0 Å². The van der Waals surface area contributed by atoms with Crippen molar-refractivity contribution in [3.05, 3.63) is 76.2 Å². The summed E-state index contributed by atoms with van der Waals surface area (Å²) in [5, 5.41) is 13.6. The lowest BCUT2D eigenvalue weighted by molar-refractivity contribution is 0.0696. The quantitative estimate of drug-likeness (QED) is 0.383. The second kappa shape index (κ2) is 9.58. The third-order valence-corrected chi connectivity index (χ3v) is 5.43. The lowest BCUT2D eigenvalue weighted by Gasteiger charge is -2.12. The largest absolute Gasteiger partial charge is 0.491 e. The number of carboxylic acid groups (broad SMARTS) is 1. The Morgan fingerprint density at radius 1 is 1.18 bits per heavy atom. The fourth-order valence-corrected chi connectivity index (χ4v) is 3.88. The Bertz CT molecular complexity index is 1400. The lowest BCUT2D eigenvalue weighted by atomic mass is 10.1. The molecule has 4 rings (SSSR count). The van der Waals surface area contributed by atoms with Crippen molar-refractivity contribution in [1.29, 1.82) is 0 Å². The number of aryl methyl sites for hydroxylation is 1. The molecule has 4 aromatic rings. The summed E-state index contributed by atoms with van der Waals surface area (Å²) in [6, 6.07) is 9.94. The van der Waals surface area contributed by atoms with Gasteiger partial charge in [-0.3, -0.25) is 9.78 Å². The number of aromatic carboxylic acids is 1. The topological polar surface area (TPSA) is 104 Å². The number of carboxylic acids is 1. The first kappa shape index (κ1) is 23.3. The van der Waals surface area contributed by atoms with E-state index in [9.17, 15) is 14.0 Å². The minimum atomic E-state index is -1.26. The minimum absolute atomic E-state index is 0.0185. The standard InChI is InChI=1S/C24H19ClFN3O5/c1-13-10-15(34-9-8-33-2)12-17(25)20(13)23(30)29-19-4-3-7-27-22(19)21(28-29)16-6-5-14(24(31)32)11-18(16)26/h3-7,10-12H,8-9H2,1-2H3,(H,31,32). The van der Waals surface area contributed by atoms with Gasteiger partial charge in [0.1, 0.15) is 29.4 Å². The van der Waals surface area contributed by atoms with E-state index in [-0.39, 0.29) is 32.9 Å². The number of carbonyl (C=O) groups excluding carboxylic acids is 1. The van der Waals surface area contributed by atoms with Crippen LogP contribution < -0.4 is 4.74 Å². The minimum Gasteiger partial charge on any atom is -0.491 e. The van der Waals surface area contributed by atoms with Crippen LogP contribution in [0, 0.1) is 12.7 Å². The highest BCUT2D eigenvalue weighted by Gasteiger charge is 2.24. The van der Waals surface area contributed by atoms with Gasteiger partial charge in [0.25, 0.3) is 5.91 Å². The van der Waals surface area contributed by atoms with Crippen LogP contribution in [0.15, 0.2) is 48.7 Å². The monoisotopic (exact) mass is 483 g/mol. The molecule has 0 aliphatic rings. The zero-order valence-corrected chi connectivity index (χ0v) is 19.0. The fourth-order valence-electron chi connectivity index (χ4n) is 3.54. The van der Waals surface area contributed by atoms with Crippen LogP contribution in [0.2, 0.25) is 5.02 Å². The van der Waals surface area contributed by atoms with Crippen molar-refractivity contribution in [2.75, 3.05) is 20.3 Å². The highest BCUT2D eigenvalue weighted by molar-refractivity contribution is 6.34. The molecule has 0 amide bonds. The lowest BCUT2D eigenvalue weighted by Crippen LogP contribution is -2.16. The molecule has 2 aromatic heterocycles. The highest BCUT2D eigenvalue weighted by atomic mass is 35.5. The number of pyridine rings is 1. The molecule has 0 fully saturated rings. The molecule has 34 heavy (non-hydrogen) atoms. The second-order valence-corrected chi connectivity index (χ2v) is 7.78. The average molecular weight is 484 g/mol. The Labute approximate surface area is 198 Å². The van der Waals surface area contributed by atoms with E-state index in [1.54, 1.807) is 32.2 Å². The molecular weight excluding hydrogens is 465 g/mol. The number of nitrogens with zero attached hydrogens (tertiary/aromatic N) is 3. The highest BCUT2D eigenvalue weighted by Crippen LogP contribution is 2.32. The predicted molar refractivity (Wildman–Crippen MR) is 123 cm³/mol. The second-order valence-electron chi connectivity index (χ2n) is 7.37. The van der Waals surface area contributed by atoms with Gasteiger partial charge >= 0.3 is 5.97 Å². The Balaban J connectivity index is 1.80. The molecule has 0 radical (unpaired) electrons. The Kier molecular flexibility index (Phi) is 6.58. The van der Waals surface area contributed by atoms with Crippen molar-refractivity contribution in [2.45, 2.75) is 6.92 Å². The number of hydrogen-bond acceptors (Lipinski definition) is 6. The Morgan fingerprint density at radius 2 is 1.97 bits per heavy atom. The van der Waals surface area contributed by atoms with Gasteiger partial charge in [0.2, 0.25) is 0 Å². The summed E-state index contributed by atoms with van der Waals surface area (Å²) in [6.07, 6.45) is 1.50. The molecule has 0 atom stereocenters. The van der Waals surface area contributed by atoms with Gasteiger partial charge in [0.05, 0.1) is 28.3 Å². The van der Waals surface area contributed by atoms with Gasteiger partial charge in [0.15, 0.2) is 0 Å². The first-order valence-corrected chi connectivity index (χ1v) is 10.5. The van der Waals surface area contributed by atoms with E-state index in [0.29, 0.717) is 30.0 Å². The van der Waals surface area contributed by atoms with Crippen LogP contribution in [0.4, 0.5) is 4.39 Å². The van der Waals surface area contributed by atoms with E-state index in [0.717, 1.165) is 10.7 Å². The smallest absolute Gasteiger partial charge is 0.335 e. The number of fused-ring (bicyclic) bond motifs is 1. The maximum Gasteiger partial charge on any atom is 0.335 e. The molecule has 0 saturated carbocycles. The van der Waals surface area contributed by atoms with Gasteiger partial charge < -0.3 is 14.6 Å². The van der Waals surface area contributed by atoms with E-state index < -0.39 is 17.7 Å². The van der Waals surface area contributed by atoms with E-state index in [1.165, 1.54) is 24.4 Å². The van der Waals surface area contributed by atoms with Crippen molar-refractivity contribution in [2.24, 2.45) is 0 Å². The van der Waals surface area contributed by atoms with Crippen molar-refractivity contribution >= 4 is 34.5 Å². The van der Waals surface area contributed by atoms with Crippen LogP contribution in [0.5, 0.6) is 5.75 Å². The fraction of sp³-hybridized carbons (Fsp3) is 0.167. The number of benzene rings is 2. The normalized spacial score (nSPS) is 11.1. The van der Waals surface area contributed by atoms with Gasteiger partial charge in [0, 0.05) is 18.9 Å². The Hall–Kier alpha value is -3.82. The van der Waals surface area contributed by atoms with Crippen LogP contribution in [0.1, 0.15) is 26.3 Å². The maximum absolute atomic E-state index is 14.8. The van der Waals surface area contributed by atoms with Gasteiger partial charge in [-0.1, -0.05) is 11.6 Å². The molecule has 174 valence electrons. The molecule has 0 bridgehead atoms. The number of rotatable bonds is 7. The third-order valence-electron chi connectivity index (χ3n) is 5.13. The van der Waals surface area contributed by atoms with Gasteiger partial charge in [-0.25, -0.2) is 9.18 Å². The van der Waals surface area contributed by atoms with Gasteiger partial charge in [-0.05, 0) is 55.0 Å². The number of ether oxygens (including phenoxy) is 2. The van der Waals surface area contributed by atoms with Crippen molar-refractivity contribution in [3.8, 4) is 17.0 Å². The van der Waals surface area contributed by atoms with Gasteiger partial charge in [-0.2, -0.15) is 9.78 Å². The Morgan fingerprint density at radius 3 is 2.65 bits per heavy atom. The first-order chi connectivity index (χ1) is 16.3. The molecule has 1 N–H and O–H groups in total. The molecule has 2 aromatic carbocycles. The zero-order chi connectivity index (χ0) is 24.4. The first-order valence-electron chi connectivity index (χ1n) is 10.2. The molecule has 0 aliphatic heterocycles. The number of carbonyl (C=O) groups is 2. The predicted octanol–water partition coefficient (Wildman–Crippen LogP) is 4.61. The summed E-state index contributed by atoms with van der Waals surface area (Å²) in [5.74, 6) is -2.09. The van der Waals surface area contributed by atoms with Crippen molar-refractivity contribution < 1.29 is 28.6 Å². The molecule has 10 heteroatoms. The van der Waals surface area contributed by atoms with Crippen LogP contribution in [0.25, 0.3) is 22.3 Å². The van der Waals surface area contributed by atoms with Crippen molar-refractivity contribution in [1.82, 2.24) is 14.8 Å². The van der Waals surface area contributed by atoms with E-state index in [1.807, 2.05) is 0 Å². The third kappa shape index (κ3) is 4.35. The molecule has 0 aliphatic carbocycles. The average Bonchev–Trinajstić information content (AvgIpc) is 3.18. The zero-order valence-electron chi connectivity index (χ0n) is 18.2. The maximum atomic E-state index is 14.8. The number of hydrogen-bond donors (Lipinski definition) is 1. The summed E-state index contributed by atoms with van der Waals surface area (Å²) >= 11 is 6.44. The molecule has 0 spiro atoms. The summed E-state index contributed by atoms with van der Waals surface area (Å²) in [6.45, 7) is 2.44. The van der Waals surface area contributed by atoms with Crippen LogP contribution in [-0.2, 0) is 4.74 Å². The molecule has 8 nitrogen and oxygen atoms in total. The molecule has 0 unspecified atom stereocenters. The summed E-state index contributed by atoms with van der Waals surface area (Å²) < 4.78 is 26.4. The summed E-state index contributed by atoms with van der Waals surface area (Å²) in [7, 11) is 1.56. The van der Waals surface area contributed by atoms with Crippen molar-refractivity contribution in [3.63, 3.8) is 0 Å². The van der Waals surface area contributed by atoms with E-state index in [4.69, 9.17) is 26.2 Å². The summed E-state index contributed by atoms with van der Waals surface area (Å²) in [4.78, 5) is 28.9. The number of aromatic nitrogens is 3. The van der Waals surface area contributed by atoms with Crippen LogP contribution in [-0.4, -0.2) is 52.1 Å². The molecule has 0 saturated heterocycles. The molecular formula is C24H19ClFN3O5. The van der Waals surface area contributed by atoms with Crippen LogP contribution >= 0.6 is 11.6 Å². The summed E-state index contributed by atoms with van der Waals surface area (Å²) in [5.41, 5.74) is 1.32.